The summed E-state index contributed by atoms with van der Waals surface area (Å²) in [7, 11) is 0. The topological polar surface area (TPSA) is 44.1 Å². The Bertz CT molecular complexity index is 552. The highest BCUT2D eigenvalue weighted by molar-refractivity contribution is 6.32. The number of carbonyl (C=O) groups is 1. The number of aromatic nitrogens is 2. The smallest absolute Gasteiger partial charge is 0.150 e. The van der Waals surface area contributed by atoms with E-state index in [1.54, 1.807) is 24.4 Å². The van der Waals surface area contributed by atoms with Crippen LogP contribution in [0.4, 0.5) is 0 Å². The summed E-state index contributed by atoms with van der Waals surface area (Å²) < 4.78 is 7.59. The summed E-state index contributed by atoms with van der Waals surface area (Å²) in [5.74, 6) is 1.39. The molecule has 4 nitrogen and oxygen atoms in total. The van der Waals surface area contributed by atoms with Crippen molar-refractivity contribution in [2.45, 2.75) is 20.1 Å². The summed E-state index contributed by atoms with van der Waals surface area (Å²) in [5.41, 5.74) is 0.530. The molecule has 1 aromatic heterocycles. The van der Waals surface area contributed by atoms with Crippen LogP contribution in [0.2, 0.25) is 5.02 Å². The Hall–Kier alpha value is -1.81. The Kier molecular flexibility index (Phi) is 3.99. The summed E-state index contributed by atoms with van der Waals surface area (Å²) in [4.78, 5) is 14.8. The van der Waals surface area contributed by atoms with Crippen molar-refractivity contribution in [3.8, 4) is 5.75 Å². The fraction of sp³-hybridized carbons (Fsp3) is 0.231. The van der Waals surface area contributed by atoms with Crippen LogP contribution >= 0.6 is 11.6 Å². The number of benzene rings is 1. The van der Waals surface area contributed by atoms with Gasteiger partial charge in [0.1, 0.15) is 24.5 Å². The van der Waals surface area contributed by atoms with E-state index in [2.05, 4.69) is 4.98 Å². The van der Waals surface area contributed by atoms with Crippen molar-refractivity contribution >= 4 is 17.9 Å². The zero-order chi connectivity index (χ0) is 13.0. The number of hydrogen-bond donors (Lipinski definition) is 0. The summed E-state index contributed by atoms with van der Waals surface area (Å²) in [6.07, 6.45) is 4.38. The molecule has 0 spiro atoms. The number of hydrogen-bond acceptors (Lipinski definition) is 3. The van der Waals surface area contributed by atoms with Gasteiger partial charge in [0.25, 0.3) is 0 Å². The van der Waals surface area contributed by atoms with E-state index in [-0.39, 0.29) is 0 Å². The number of rotatable bonds is 5. The van der Waals surface area contributed by atoms with Crippen molar-refractivity contribution < 1.29 is 9.53 Å². The van der Waals surface area contributed by atoms with Crippen molar-refractivity contribution in [2.75, 3.05) is 0 Å². The largest absolute Gasteiger partial charge is 0.484 e. The van der Waals surface area contributed by atoms with E-state index < -0.39 is 0 Å². The Morgan fingerprint density at radius 1 is 1.50 bits per heavy atom. The van der Waals surface area contributed by atoms with Gasteiger partial charge in [0.05, 0.1) is 5.02 Å². The minimum absolute atomic E-state index is 0.348. The number of ether oxygens (including phenoxy) is 1. The molecule has 5 heteroatoms. The quantitative estimate of drug-likeness (QED) is 0.780. The molecule has 1 heterocycles. The Morgan fingerprint density at radius 2 is 2.33 bits per heavy atom. The third kappa shape index (κ3) is 2.71. The van der Waals surface area contributed by atoms with E-state index in [1.807, 2.05) is 17.7 Å². The molecule has 0 unspecified atom stereocenters. The fourth-order valence-corrected chi connectivity index (χ4v) is 1.86. The SMILES string of the molecule is CCn1ccnc1COc1ccc(C=O)cc1Cl. The van der Waals surface area contributed by atoms with Crippen LogP contribution in [0, 0.1) is 0 Å². The molecule has 18 heavy (non-hydrogen) atoms. The second-order valence-corrected chi connectivity index (χ2v) is 4.13. The van der Waals surface area contributed by atoms with Crippen LogP contribution in [-0.4, -0.2) is 15.8 Å². The lowest BCUT2D eigenvalue weighted by Crippen LogP contribution is -2.05. The number of halogens is 1. The molecule has 0 aliphatic carbocycles. The summed E-state index contributed by atoms with van der Waals surface area (Å²) >= 11 is 6.01. The lowest BCUT2D eigenvalue weighted by atomic mass is 10.2. The minimum atomic E-state index is 0.348. The number of carbonyl (C=O) groups excluding carboxylic acids is 1. The first-order valence-electron chi connectivity index (χ1n) is 5.62. The molecule has 0 aliphatic heterocycles. The number of imidazole rings is 1. The maximum atomic E-state index is 10.6. The molecule has 0 fully saturated rings. The Morgan fingerprint density at radius 3 is 3.00 bits per heavy atom. The van der Waals surface area contributed by atoms with E-state index in [4.69, 9.17) is 16.3 Å². The van der Waals surface area contributed by atoms with Crippen LogP contribution in [0.15, 0.2) is 30.6 Å². The zero-order valence-electron chi connectivity index (χ0n) is 9.97. The monoisotopic (exact) mass is 264 g/mol. The average Bonchev–Trinajstić information content (AvgIpc) is 2.84. The second-order valence-electron chi connectivity index (χ2n) is 3.73. The van der Waals surface area contributed by atoms with Crippen LogP contribution in [0.3, 0.4) is 0 Å². The predicted molar refractivity (Wildman–Crippen MR) is 69.1 cm³/mol. The first kappa shape index (κ1) is 12.6. The van der Waals surface area contributed by atoms with Crippen LogP contribution in [0.25, 0.3) is 0 Å². The van der Waals surface area contributed by atoms with Gasteiger partial charge in [-0.25, -0.2) is 4.98 Å². The first-order chi connectivity index (χ1) is 8.74. The van der Waals surface area contributed by atoms with Crippen LogP contribution < -0.4 is 4.74 Å². The van der Waals surface area contributed by atoms with Gasteiger partial charge in [0.2, 0.25) is 0 Å². The molecular formula is C13H13ClN2O2. The van der Waals surface area contributed by atoms with Gasteiger partial charge in [-0.15, -0.1) is 0 Å². The van der Waals surface area contributed by atoms with Crippen molar-refractivity contribution in [1.29, 1.82) is 0 Å². The molecule has 0 aliphatic rings. The molecule has 0 N–H and O–H groups in total. The molecule has 0 radical (unpaired) electrons. The highest BCUT2D eigenvalue weighted by Crippen LogP contribution is 2.25. The molecule has 1 aromatic carbocycles. The van der Waals surface area contributed by atoms with Gasteiger partial charge >= 0.3 is 0 Å². The average molecular weight is 265 g/mol. The predicted octanol–water partition coefficient (Wildman–Crippen LogP) is 2.95. The number of aldehydes is 1. The molecule has 0 amide bonds. The van der Waals surface area contributed by atoms with Gasteiger partial charge in [-0.3, -0.25) is 4.79 Å². The van der Waals surface area contributed by atoms with Crippen molar-refractivity contribution in [2.24, 2.45) is 0 Å². The van der Waals surface area contributed by atoms with E-state index in [1.165, 1.54) is 0 Å². The molecule has 94 valence electrons. The molecule has 2 aromatic rings. The molecule has 0 saturated heterocycles. The van der Waals surface area contributed by atoms with Crippen molar-refractivity contribution in [3.05, 3.63) is 47.0 Å². The van der Waals surface area contributed by atoms with E-state index >= 15 is 0 Å². The maximum absolute atomic E-state index is 10.6. The van der Waals surface area contributed by atoms with E-state index in [0.29, 0.717) is 22.9 Å². The van der Waals surface area contributed by atoms with Gasteiger partial charge in [0.15, 0.2) is 0 Å². The van der Waals surface area contributed by atoms with Gasteiger partial charge < -0.3 is 9.30 Å². The minimum Gasteiger partial charge on any atom is -0.484 e. The maximum Gasteiger partial charge on any atom is 0.150 e. The van der Waals surface area contributed by atoms with Crippen molar-refractivity contribution in [3.63, 3.8) is 0 Å². The molecule has 0 atom stereocenters. The summed E-state index contributed by atoms with van der Waals surface area (Å²) in [6, 6.07) is 4.93. The standard InChI is InChI=1S/C13H13ClN2O2/c1-2-16-6-5-15-13(16)9-18-12-4-3-10(8-17)7-11(12)14/h3-8H,2,9H2,1H3. The number of aryl methyl sites for hydroxylation is 1. The van der Waals surface area contributed by atoms with Crippen molar-refractivity contribution in [1.82, 2.24) is 9.55 Å². The van der Waals surface area contributed by atoms with Gasteiger partial charge in [-0.1, -0.05) is 11.6 Å². The number of nitrogens with zero attached hydrogens (tertiary/aromatic N) is 2. The third-order valence-corrected chi connectivity index (χ3v) is 2.89. The zero-order valence-corrected chi connectivity index (χ0v) is 10.7. The first-order valence-corrected chi connectivity index (χ1v) is 6.00. The lowest BCUT2D eigenvalue weighted by Gasteiger charge is -2.09. The molecule has 2 rings (SSSR count). The van der Waals surface area contributed by atoms with Crippen LogP contribution in [-0.2, 0) is 13.2 Å². The van der Waals surface area contributed by atoms with E-state index in [0.717, 1.165) is 18.7 Å². The third-order valence-electron chi connectivity index (χ3n) is 2.59. The Balaban J connectivity index is 2.08. The normalized spacial score (nSPS) is 10.3. The summed E-state index contributed by atoms with van der Waals surface area (Å²) in [5, 5.41) is 0.425. The van der Waals surface area contributed by atoms with Crippen LogP contribution in [0.1, 0.15) is 23.1 Å². The molecule has 0 bridgehead atoms. The Labute approximate surface area is 110 Å². The summed E-state index contributed by atoms with van der Waals surface area (Å²) in [6.45, 7) is 3.23. The van der Waals surface area contributed by atoms with Gasteiger partial charge in [-0.2, -0.15) is 0 Å². The van der Waals surface area contributed by atoms with Gasteiger partial charge in [-0.05, 0) is 25.1 Å². The van der Waals surface area contributed by atoms with Crippen LogP contribution in [0.5, 0.6) is 5.75 Å². The molecular weight excluding hydrogens is 252 g/mol. The molecule has 0 saturated carbocycles. The van der Waals surface area contributed by atoms with E-state index in [9.17, 15) is 4.79 Å². The lowest BCUT2D eigenvalue weighted by molar-refractivity contribution is 0.112. The highest BCUT2D eigenvalue weighted by atomic mass is 35.5. The second kappa shape index (κ2) is 5.69. The van der Waals surface area contributed by atoms with Gasteiger partial charge in [0, 0.05) is 24.5 Å². The fourth-order valence-electron chi connectivity index (χ4n) is 1.62. The highest BCUT2D eigenvalue weighted by Gasteiger charge is 2.06.